The van der Waals surface area contributed by atoms with Gasteiger partial charge in [-0.25, -0.2) is 0 Å². The molecule has 11 heavy (non-hydrogen) atoms. The highest BCUT2D eigenvalue weighted by Crippen LogP contribution is 2.32. The van der Waals surface area contributed by atoms with Crippen LogP contribution in [0.25, 0.3) is 0 Å². The highest BCUT2D eigenvalue weighted by atomic mass is 32.2. The number of aliphatic hydroxyl groups excluding tert-OH is 1. The van der Waals surface area contributed by atoms with Crippen LogP contribution in [0, 0.1) is 0 Å². The number of carboxylic acids is 1. The zero-order valence-electron chi connectivity index (χ0n) is 5.63. The lowest BCUT2D eigenvalue weighted by Crippen LogP contribution is -2.04. The van der Waals surface area contributed by atoms with E-state index in [-0.39, 0.29) is 12.3 Å². The van der Waals surface area contributed by atoms with Crippen LogP contribution in [0.15, 0.2) is 22.4 Å². The van der Waals surface area contributed by atoms with Gasteiger partial charge in [-0.15, -0.1) is 0 Å². The van der Waals surface area contributed by atoms with E-state index in [1.54, 1.807) is 0 Å². The van der Waals surface area contributed by atoms with Gasteiger partial charge in [0.1, 0.15) is 0 Å². The van der Waals surface area contributed by atoms with Gasteiger partial charge in [0, 0.05) is 0 Å². The number of nitrogens with one attached hydrogen (secondary N) is 1. The van der Waals surface area contributed by atoms with E-state index in [4.69, 9.17) is 10.2 Å². The van der Waals surface area contributed by atoms with Gasteiger partial charge in [-0.3, -0.25) is 4.79 Å². The van der Waals surface area contributed by atoms with E-state index in [1.807, 2.05) is 0 Å². The Kier molecular flexibility index (Phi) is 2.09. The Labute approximate surface area is 67.6 Å². The number of aliphatic hydroxyl groups is 1. The summed E-state index contributed by atoms with van der Waals surface area (Å²) in [6.45, 7) is 3.52. The lowest BCUT2D eigenvalue weighted by Gasteiger charge is -1.93. The summed E-state index contributed by atoms with van der Waals surface area (Å²) in [6, 6.07) is 0. The lowest BCUT2D eigenvalue weighted by molar-refractivity contribution is -0.136. The molecule has 1 aliphatic rings. The number of carboxylic acid groups (broad SMARTS) is 1. The molecule has 1 heterocycles. The average Bonchev–Trinajstić information content (AvgIpc) is 2.09. The maximum atomic E-state index is 10.2. The van der Waals surface area contributed by atoms with Crippen molar-refractivity contribution in [3.05, 3.63) is 22.4 Å². The zero-order chi connectivity index (χ0) is 8.43. The molecule has 0 saturated carbocycles. The highest BCUT2D eigenvalue weighted by Gasteiger charge is 2.19. The van der Waals surface area contributed by atoms with Crippen LogP contribution in [0.1, 0.15) is 6.42 Å². The molecule has 0 fully saturated rings. The van der Waals surface area contributed by atoms with E-state index < -0.39 is 5.97 Å². The first kappa shape index (κ1) is 8.00. The van der Waals surface area contributed by atoms with Gasteiger partial charge in [-0.05, 0) is 0 Å². The molecule has 1 aliphatic heterocycles. The molecule has 0 spiro atoms. The molecule has 0 bridgehead atoms. The predicted molar refractivity (Wildman–Crippen MR) is 41.8 cm³/mol. The number of hydrogen-bond donors (Lipinski definition) is 3. The Balaban J connectivity index is 2.64. The predicted octanol–water partition coefficient (Wildman–Crippen LogP) is 0.996. The first-order valence-corrected chi connectivity index (χ1v) is 3.69. The molecular weight excluding hydrogens is 166 g/mol. The molecule has 0 amide bonds. The second-order valence-electron chi connectivity index (χ2n) is 1.99. The van der Waals surface area contributed by atoms with Gasteiger partial charge in [-0.2, -0.15) is 0 Å². The van der Waals surface area contributed by atoms with Crippen LogP contribution in [0.4, 0.5) is 0 Å². The Morgan fingerprint density at radius 2 is 2.36 bits per heavy atom. The Bertz CT molecular complexity index is 246. The summed E-state index contributed by atoms with van der Waals surface area (Å²) in [5.74, 6) is -1.06. The minimum atomic E-state index is -0.962. The van der Waals surface area contributed by atoms with Crippen molar-refractivity contribution in [1.82, 2.24) is 5.32 Å². The minimum absolute atomic E-state index is 0.0950. The number of rotatable bonds is 2. The molecule has 1 rings (SSSR count). The topological polar surface area (TPSA) is 69.6 Å². The van der Waals surface area contributed by atoms with Crippen LogP contribution >= 0.6 is 11.8 Å². The van der Waals surface area contributed by atoms with Crippen LogP contribution in [0.3, 0.4) is 0 Å². The van der Waals surface area contributed by atoms with Crippen LogP contribution in [-0.2, 0) is 4.79 Å². The fourth-order valence-electron chi connectivity index (χ4n) is 0.681. The summed E-state index contributed by atoms with van der Waals surface area (Å²) < 4.78 is 0. The molecule has 5 heteroatoms. The van der Waals surface area contributed by atoms with Gasteiger partial charge in [-0.1, -0.05) is 18.3 Å². The number of hydrogen-bond acceptors (Lipinski definition) is 4. The summed E-state index contributed by atoms with van der Waals surface area (Å²) in [5.41, 5.74) is 0. The summed E-state index contributed by atoms with van der Waals surface area (Å²) in [4.78, 5) is 10.6. The van der Waals surface area contributed by atoms with Crippen molar-refractivity contribution in [2.24, 2.45) is 0 Å². The summed E-state index contributed by atoms with van der Waals surface area (Å²) in [6.07, 6.45) is -0.164. The maximum absolute atomic E-state index is 10.2. The van der Waals surface area contributed by atoms with Crippen molar-refractivity contribution < 1.29 is 15.0 Å². The monoisotopic (exact) mass is 173 g/mol. The van der Waals surface area contributed by atoms with Crippen LogP contribution in [-0.4, -0.2) is 16.2 Å². The van der Waals surface area contributed by atoms with E-state index >= 15 is 0 Å². The first-order valence-electron chi connectivity index (χ1n) is 2.87. The molecule has 0 aromatic carbocycles. The molecule has 0 saturated heterocycles. The summed E-state index contributed by atoms with van der Waals surface area (Å²) in [5, 5.41) is 20.5. The molecule has 0 aromatic rings. The molecule has 0 radical (unpaired) electrons. The maximum Gasteiger partial charge on any atom is 0.308 e. The molecule has 0 atom stereocenters. The van der Waals surface area contributed by atoms with Gasteiger partial charge in [0.05, 0.1) is 16.4 Å². The highest BCUT2D eigenvalue weighted by molar-refractivity contribution is 8.06. The molecule has 0 aliphatic carbocycles. The first-order chi connectivity index (χ1) is 5.09. The van der Waals surface area contributed by atoms with Crippen LogP contribution < -0.4 is 5.32 Å². The summed E-state index contributed by atoms with van der Waals surface area (Å²) in [7, 11) is 0. The third-order valence-corrected chi connectivity index (χ3v) is 2.01. The summed E-state index contributed by atoms with van der Waals surface area (Å²) >= 11 is 1.15. The minimum Gasteiger partial charge on any atom is -0.494 e. The second kappa shape index (κ2) is 2.87. The van der Waals surface area contributed by atoms with Crippen molar-refractivity contribution in [1.29, 1.82) is 0 Å². The van der Waals surface area contributed by atoms with E-state index in [0.29, 0.717) is 9.93 Å². The third-order valence-electron chi connectivity index (χ3n) is 1.08. The Morgan fingerprint density at radius 1 is 1.73 bits per heavy atom. The average molecular weight is 173 g/mol. The van der Waals surface area contributed by atoms with Gasteiger partial charge >= 0.3 is 5.97 Å². The van der Waals surface area contributed by atoms with Crippen LogP contribution in [0.2, 0.25) is 0 Å². The third kappa shape index (κ3) is 1.91. The number of carbonyl (C=O) groups is 1. The molecule has 4 nitrogen and oxygen atoms in total. The zero-order valence-corrected chi connectivity index (χ0v) is 6.44. The van der Waals surface area contributed by atoms with Crippen LogP contribution in [0.5, 0.6) is 0 Å². The molecular formula is C6H7NO3S. The van der Waals surface area contributed by atoms with E-state index in [9.17, 15) is 4.79 Å². The standard InChI is InChI=1S/C6H7NO3S/c1-3-7-6(10)4(11-3)2-5(8)9/h7,10H,1-2H2,(H,8,9). The molecule has 0 aromatic heterocycles. The largest absolute Gasteiger partial charge is 0.494 e. The van der Waals surface area contributed by atoms with Gasteiger partial charge < -0.3 is 15.5 Å². The fourth-order valence-corrected chi connectivity index (χ4v) is 1.47. The molecule has 60 valence electrons. The van der Waals surface area contributed by atoms with Crippen molar-refractivity contribution in [2.45, 2.75) is 6.42 Å². The molecule has 0 unspecified atom stereocenters. The molecule has 3 N–H and O–H groups in total. The van der Waals surface area contributed by atoms with E-state index in [1.165, 1.54) is 0 Å². The van der Waals surface area contributed by atoms with E-state index in [2.05, 4.69) is 11.9 Å². The SMILES string of the molecule is C=C1NC(O)=C(CC(=O)O)S1. The van der Waals surface area contributed by atoms with Crippen molar-refractivity contribution in [2.75, 3.05) is 0 Å². The van der Waals surface area contributed by atoms with Gasteiger partial charge in [0.25, 0.3) is 0 Å². The second-order valence-corrected chi connectivity index (χ2v) is 3.18. The number of aliphatic carboxylic acids is 1. The quantitative estimate of drug-likeness (QED) is 0.581. The Hall–Kier alpha value is -1.10. The normalized spacial score (nSPS) is 16.9. The lowest BCUT2D eigenvalue weighted by atomic mass is 10.4. The van der Waals surface area contributed by atoms with Gasteiger partial charge in [0.2, 0.25) is 0 Å². The van der Waals surface area contributed by atoms with Crippen molar-refractivity contribution >= 4 is 17.7 Å². The van der Waals surface area contributed by atoms with E-state index in [0.717, 1.165) is 11.8 Å². The van der Waals surface area contributed by atoms with Gasteiger partial charge in [0.15, 0.2) is 5.88 Å². The smallest absolute Gasteiger partial charge is 0.308 e. The Morgan fingerprint density at radius 3 is 2.73 bits per heavy atom. The fraction of sp³-hybridized carbons (Fsp3) is 0.167. The van der Waals surface area contributed by atoms with Crippen molar-refractivity contribution in [3.8, 4) is 0 Å². The number of thioether (sulfide) groups is 1. The van der Waals surface area contributed by atoms with Crippen molar-refractivity contribution in [3.63, 3.8) is 0 Å².